The van der Waals surface area contributed by atoms with Crippen LogP contribution in [0.15, 0.2) is 108 Å². The van der Waals surface area contributed by atoms with Gasteiger partial charge in [0.05, 0.1) is 15.5 Å². The molecule has 1 heterocycles. The van der Waals surface area contributed by atoms with Gasteiger partial charge in [0.1, 0.15) is 5.71 Å². The second kappa shape index (κ2) is 11.7. The number of hydrazone groups is 1. The Bertz CT molecular complexity index is 1700. The molecule has 0 aliphatic carbocycles. The van der Waals surface area contributed by atoms with E-state index in [9.17, 15) is 20.0 Å². The quantitative estimate of drug-likeness (QED) is 0.112. The summed E-state index contributed by atoms with van der Waals surface area (Å²) in [5, 5.41) is 25.6. The van der Waals surface area contributed by atoms with Gasteiger partial charge in [0.25, 0.3) is 5.69 Å². The minimum absolute atomic E-state index is 0.159. The van der Waals surface area contributed by atoms with E-state index in [1.165, 1.54) is 29.5 Å². The SMILES string of the molecule is Cc1ccc(-c2nc(NN=C(Cc3ccccc3[N+](=O)[O-])C(=O)O)sc2-c2ccc(-c3ccccc3)cc2)cc1. The summed E-state index contributed by atoms with van der Waals surface area (Å²) >= 11 is 1.35. The zero-order chi connectivity index (χ0) is 28.1. The molecule has 0 saturated carbocycles. The number of carbonyl (C=O) groups is 1. The summed E-state index contributed by atoms with van der Waals surface area (Å²) in [6.45, 7) is 2.01. The Balaban J connectivity index is 1.49. The molecule has 5 rings (SSSR count). The number of carboxylic acid groups (broad SMARTS) is 1. The predicted molar refractivity (Wildman–Crippen MR) is 159 cm³/mol. The van der Waals surface area contributed by atoms with Crippen molar-refractivity contribution < 1.29 is 14.8 Å². The number of nitrogens with one attached hydrogen (secondary N) is 1. The number of aryl methyl sites for hydroxylation is 1. The highest BCUT2D eigenvalue weighted by molar-refractivity contribution is 7.19. The van der Waals surface area contributed by atoms with E-state index in [1.807, 2.05) is 61.5 Å². The zero-order valence-corrected chi connectivity index (χ0v) is 22.3. The molecule has 0 radical (unpaired) electrons. The van der Waals surface area contributed by atoms with Crippen molar-refractivity contribution in [3.05, 3.63) is 124 Å². The average Bonchev–Trinajstić information content (AvgIpc) is 3.40. The van der Waals surface area contributed by atoms with Crippen molar-refractivity contribution in [3.8, 4) is 32.8 Å². The number of nitro groups is 1. The lowest BCUT2D eigenvalue weighted by molar-refractivity contribution is -0.385. The molecule has 0 amide bonds. The van der Waals surface area contributed by atoms with E-state index in [1.54, 1.807) is 6.07 Å². The molecule has 40 heavy (non-hydrogen) atoms. The van der Waals surface area contributed by atoms with Crippen molar-refractivity contribution in [2.24, 2.45) is 5.10 Å². The molecular formula is C31H24N4O4S. The highest BCUT2D eigenvalue weighted by atomic mass is 32.1. The van der Waals surface area contributed by atoms with E-state index in [0.717, 1.165) is 38.4 Å². The van der Waals surface area contributed by atoms with Crippen LogP contribution in [0.5, 0.6) is 0 Å². The summed E-state index contributed by atoms with van der Waals surface area (Å²) in [4.78, 5) is 28.4. The highest BCUT2D eigenvalue weighted by Gasteiger charge is 2.20. The van der Waals surface area contributed by atoms with Gasteiger partial charge in [-0.15, -0.1) is 0 Å². The van der Waals surface area contributed by atoms with Gasteiger partial charge in [-0.1, -0.05) is 114 Å². The minimum Gasteiger partial charge on any atom is -0.477 e. The van der Waals surface area contributed by atoms with Gasteiger partial charge in [-0.25, -0.2) is 9.78 Å². The van der Waals surface area contributed by atoms with E-state index in [-0.39, 0.29) is 23.4 Å². The molecule has 0 fully saturated rings. The van der Waals surface area contributed by atoms with E-state index in [2.05, 4.69) is 34.8 Å². The Morgan fingerprint density at radius 2 is 1.48 bits per heavy atom. The van der Waals surface area contributed by atoms with Crippen LogP contribution >= 0.6 is 11.3 Å². The molecule has 198 valence electrons. The predicted octanol–water partition coefficient (Wildman–Crippen LogP) is 7.46. The van der Waals surface area contributed by atoms with E-state index >= 15 is 0 Å². The van der Waals surface area contributed by atoms with Crippen molar-refractivity contribution >= 4 is 33.8 Å². The largest absolute Gasteiger partial charge is 0.477 e. The molecule has 9 heteroatoms. The van der Waals surface area contributed by atoms with Crippen LogP contribution in [0, 0.1) is 17.0 Å². The first kappa shape index (κ1) is 26.5. The Hall–Kier alpha value is -5.15. The molecule has 4 aromatic carbocycles. The molecule has 2 N–H and O–H groups in total. The first-order valence-corrected chi connectivity index (χ1v) is 13.2. The number of nitro benzene ring substituents is 1. The molecule has 0 aliphatic rings. The van der Waals surface area contributed by atoms with Crippen molar-refractivity contribution in [2.45, 2.75) is 13.3 Å². The minimum atomic E-state index is -1.28. The summed E-state index contributed by atoms with van der Waals surface area (Å²) in [6, 6.07) is 32.3. The van der Waals surface area contributed by atoms with Crippen LogP contribution in [0.25, 0.3) is 32.8 Å². The summed E-state index contributed by atoms with van der Waals surface area (Å²) < 4.78 is 0. The number of rotatable bonds is 9. The number of thiazole rings is 1. The average molecular weight is 549 g/mol. The van der Waals surface area contributed by atoms with Crippen molar-refractivity contribution in [3.63, 3.8) is 0 Å². The van der Waals surface area contributed by atoms with Crippen LogP contribution in [0.4, 0.5) is 10.8 Å². The second-order valence-electron chi connectivity index (χ2n) is 9.04. The molecule has 0 atom stereocenters. The lowest BCUT2D eigenvalue weighted by Gasteiger charge is -2.06. The fraction of sp³-hybridized carbons (Fsp3) is 0.0645. The molecule has 5 aromatic rings. The fourth-order valence-corrected chi connectivity index (χ4v) is 5.15. The van der Waals surface area contributed by atoms with Gasteiger partial charge in [0, 0.05) is 23.6 Å². The van der Waals surface area contributed by atoms with E-state index < -0.39 is 10.9 Å². The van der Waals surface area contributed by atoms with Gasteiger partial charge in [0.2, 0.25) is 5.13 Å². The van der Waals surface area contributed by atoms with Gasteiger partial charge in [-0.3, -0.25) is 15.5 Å². The first-order valence-electron chi connectivity index (χ1n) is 12.4. The Morgan fingerprint density at radius 1 is 0.875 bits per heavy atom. The van der Waals surface area contributed by atoms with Crippen LogP contribution < -0.4 is 5.43 Å². The number of anilines is 1. The summed E-state index contributed by atoms with van der Waals surface area (Å²) in [6.07, 6.45) is -0.219. The summed E-state index contributed by atoms with van der Waals surface area (Å²) in [5.74, 6) is -1.28. The third kappa shape index (κ3) is 5.95. The molecule has 0 aliphatic heterocycles. The van der Waals surface area contributed by atoms with Crippen molar-refractivity contribution in [1.82, 2.24) is 4.98 Å². The number of benzene rings is 4. The number of nitrogens with zero attached hydrogens (tertiary/aromatic N) is 3. The Labute approximate surface area is 234 Å². The van der Waals surface area contributed by atoms with Gasteiger partial charge >= 0.3 is 5.97 Å². The maximum Gasteiger partial charge on any atom is 0.352 e. The smallest absolute Gasteiger partial charge is 0.352 e. The second-order valence-corrected chi connectivity index (χ2v) is 10.0. The first-order chi connectivity index (χ1) is 19.4. The lowest BCUT2D eigenvalue weighted by Crippen LogP contribution is -2.18. The molecule has 0 spiro atoms. The van der Waals surface area contributed by atoms with E-state index in [4.69, 9.17) is 4.98 Å². The highest BCUT2D eigenvalue weighted by Crippen LogP contribution is 2.40. The molecular weight excluding hydrogens is 524 g/mol. The number of carboxylic acids is 1. The van der Waals surface area contributed by atoms with Gasteiger partial charge in [-0.2, -0.15) is 5.10 Å². The van der Waals surface area contributed by atoms with Crippen LogP contribution in [0.3, 0.4) is 0 Å². The number of para-hydroxylation sites is 1. The number of aromatic nitrogens is 1. The maximum absolute atomic E-state index is 11.9. The third-order valence-electron chi connectivity index (χ3n) is 6.29. The molecule has 0 bridgehead atoms. The van der Waals surface area contributed by atoms with Gasteiger partial charge < -0.3 is 5.11 Å². The standard InChI is InChI=1S/C31H24N4O4S/c1-20-11-13-23(14-12-20)28-29(24-17-15-22(16-18-24)21-7-3-2-4-8-21)40-31(32-28)34-33-26(30(36)37)19-25-9-5-6-10-27(25)35(38)39/h2-18H,19H2,1H3,(H,32,34)(H,36,37). The van der Waals surface area contributed by atoms with E-state index in [0.29, 0.717) is 5.13 Å². The van der Waals surface area contributed by atoms with Gasteiger partial charge in [0.15, 0.2) is 0 Å². The number of hydrogen-bond acceptors (Lipinski definition) is 7. The Kier molecular flexibility index (Phi) is 7.75. The third-order valence-corrected chi connectivity index (χ3v) is 7.30. The molecule has 0 unspecified atom stereocenters. The van der Waals surface area contributed by atoms with Crippen LogP contribution in [-0.2, 0) is 11.2 Å². The zero-order valence-electron chi connectivity index (χ0n) is 21.4. The Morgan fingerprint density at radius 3 is 2.15 bits per heavy atom. The van der Waals surface area contributed by atoms with Crippen LogP contribution in [0.2, 0.25) is 0 Å². The molecule has 8 nitrogen and oxygen atoms in total. The topological polar surface area (TPSA) is 118 Å². The molecule has 0 saturated heterocycles. The summed E-state index contributed by atoms with van der Waals surface area (Å²) in [7, 11) is 0. The van der Waals surface area contributed by atoms with Crippen molar-refractivity contribution in [1.29, 1.82) is 0 Å². The van der Waals surface area contributed by atoms with Gasteiger partial charge in [-0.05, 0) is 23.6 Å². The number of hydrogen-bond donors (Lipinski definition) is 2. The fourth-order valence-electron chi connectivity index (χ4n) is 4.21. The maximum atomic E-state index is 11.9. The van der Waals surface area contributed by atoms with Crippen molar-refractivity contribution in [2.75, 3.05) is 5.43 Å². The monoisotopic (exact) mass is 548 g/mol. The lowest BCUT2D eigenvalue weighted by atomic mass is 10.0. The normalized spacial score (nSPS) is 11.3. The van der Waals surface area contributed by atoms with Crippen LogP contribution in [0.1, 0.15) is 11.1 Å². The molecule has 1 aromatic heterocycles. The number of aliphatic carboxylic acids is 1. The summed E-state index contributed by atoms with van der Waals surface area (Å²) in [5.41, 5.74) is 8.57. The van der Waals surface area contributed by atoms with Crippen LogP contribution in [-0.4, -0.2) is 26.7 Å².